The number of nitrogens with two attached hydrogens (primary N) is 1. The van der Waals surface area contributed by atoms with Crippen molar-refractivity contribution in [2.24, 2.45) is 11.7 Å². The molecule has 1 aromatic rings. The number of nitrogens with one attached hydrogen (secondary N) is 1. The Morgan fingerprint density at radius 1 is 1.35 bits per heavy atom. The summed E-state index contributed by atoms with van der Waals surface area (Å²) in [6, 6.07) is 3.70. The van der Waals surface area contributed by atoms with Crippen LogP contribution in [-0.2, 0) is 26.9 Å². The summed E-state index contributed by atoms with van der Waals surface area (Å²) >= 11 is 0. The Balaban J connectivity index is 2.14. The van der Waals surface area contributed by atoms with Crippen molar-refractivity contribution in [1.29, 1.82) is 0 Å². The Bertz CT molecular complexity index is 584. The van der Waals surface area contributed by atoms with Crippen molar-refractivity contribution in [3.05, 3.63) is 35.4 Å². The van der Waals surface area contributed by atoms with Gasteiger partial charge in [0.05, 0.1) is 18.1 Å². The molecule has 0 aromatic heterocycles. The molecule has 1 saturated heterocycles. The average Bonchev–Trinajstić information content (AvgIpc) is 3.00. The summed E-state index contributed by atoms with van der Waals surface area (Å²) in [5, 5.41) is 2.42. The maximum Gasteiger partial charge on any atom is 0.416 e. The summed E-state index contributed by atoms with van der Waals surface area (Å²) in [4.78, 5) is 23.5. The van der Waals surface area contributed by atoms with Gasteiger partial charge in [-0.2, -0.15) is 13.2 Å². The summed E-state index contributed by atoms with van der Waals surface area (Å²) in [7, 11) is 0. The molecule has 2 amide bonds. The van der Waals surface area contributed by atoms with Crippen molar-refractivity contribution in [3.8, 4) is 0 Å². The number of amides is 2. The van der Waals surface area contributed by atoms with E-state index < -0.39 is 35.5 Å². The summed E-state index contributed by atoms with van der Waals surface area (Å²) < 4.78 is 44.0. The van der Waals surface area contributed by atoms with Gasteiger partial charge in [0.15, 0.2) is 0 Å². The molecular weight excluding hydrogens is 313 g/mol. The van der Waals surface area contributed by atoms with Crippen LogP contribution in [0.5, 0.6) is 0 Å². The fourth-order valence-corrected chi connectivity index (χ4v) is 2.45. The van der Waals surface area contributed by atoms with E-state index in [4.69, 9.17) is 10.5 Å². The number of carbonyl (C=O) groups excluding carboxylic acids is 2. The largest absolute Gasteiger partial charge is 0.416 e. The number of primary amides is 1. The van der Waals surface area contributed by atoms with Crippen molar-refractivity contribution >= 4 is 11.8 Å². The van der Waals surface area contributed by atoms with Gasteiger partial charge in [-0.25, -0.2) is 0 Å². The third-order valence-electron chi connectivity index (χ3n) is 3.71. The predicted molar refractivity (Wildman–Crippen MR) is 75.2 cm³/mol. The van der Waals surface area contributed by atoms with Crippen molar-refractivity contribution in [2.45, 2.75) is 25.1 Å². The van der Waals surface area contributed by atoms with Gasteiger partial charge in [0.25, 0.3) is 0 Å². The van der Waals surface area contributed by atoms with E-state index in [1.54, 1.807) is 0 Å². The molecule has 1 fully saturated rings. The number of hydrogen-bond donors (Lipinski definition) is 2. The van der Waals surface area contributed by atoms with Gasteiger partial charge in [-0.05, 0) is 18.1 Å². The number of halogens is 3. The first-order valence-corrected chi connectivity index (χ1v) is 7.11. The Morgan fingerprint density at radius 3 is 2.61 bits per heavy atom. The van der Waals surface area contributed by atoms with Gasteiger partial charge < -0.3 is 15.8 Å². The predicted octanol–water partition coefficient (Wildman–Crippen LogP) is 1.25. The molecule has 1 aliphatic heterocycles. The van der Waals surface area contributed by atoms with Crippen LogP contribution in [-0.4, -0.2) is 31.1 Å². The highest BCUT2D eigenvalue weighted by atomic mass is 19.4. The fraction of sp³-hybridized carbons (Fsp3) is 0.467. The number of carbonyl (C=O) groups is 2. The first-order chi connectivity index (χ1) is 10.8. The number of hydrogen-bond acceptors (Lipinski definition) is 3. The highest BCUT2D eigenvalue weighted by Crippen LogP contribution is 2.32. The summed E-state index contributed by atoms with van der Waals surface area (Å²) in [5.74, 6) is -1.72. The topological polar surface area (TPSA) is 81.4 Å². The third-order valence-corrected chi connectivity index (χ3v) is 3.71. The Hall–Kier alpha value is -2.09. The van der Waals surface area contributed by atoms with Gasteiger partial charge in [-0.1, -0.05) is 18.2 Å². The second-order valence-electron chi connectivity index (χ2n) is 5.38. The molecule has 1 aromatic carbocycles. The van der Waals surface area contributed by atoms with Crippen molar-refractivity contribution in [2.75, 3.05) is 13.2 Å². The molecule has 3 N–H and O–H groups in total. The van der Waals surface area contributed by atoms with E-state index in [0.29, 0.717) is 13.0 Å². The van der Waals surface area contributed by atoms with Crippen LogP contribution in [0.25, 0.3) is 0 Å². The van der Waals surface area contributed by atoms with Crippen LogP contribution in [0.4, 0.5) is 13.2 Å². The van der Waals surface area contributed by atoms with Crippen LogP contribution in [0.15, 0.2) is 24.3 Å². The number of ether oxygens (including phenoxy) is 1. The smallest absolute Gasteiger partial charge is 0.381 e. The van der Waals surface area contributed by atoms with Crippen LogP contribution in [0, 0.1) is 5.92 Å². The minimum Gasteiger partial charge on any atom is -0.381 e. The van der Waals surface area contributed by atoms with Crippen molar-refractivity contribution < 1.29 is 27.5 Å². The normalized spacial score (nSPS) is 19.3. The Morgan fingerprint density at radius 2 is 2.04 bits per heavy atom. The lowest BCUT2D eigenvalue weighted by Crippen LogP contribution is -2.48. The standard InChI is InChI=1S/C15H17F3N2O3/c16-15(17,18)11-4-2-1-3-9(11)7-12(13(19)21)20-14(22)10-5-6-23-8-10/h1-4,10,12H,5-8H2,(H2,19,21)(H,20,22)/t10-,12+/m0/s1. The van der Waals surface area contributed by atoms with E-state index >= 15 is 0 Å². The molecule has 0 radical (unpaired) electrons. The molecule has 2 atom stereocenters. The van der Waals surface area contributed by atoms with Gasteiger partial charge in [-0.3, -0.25) is 9.59 Å². The lowest BCUT2D eigenvalue weighted by atomic mass is 9.98. The maximum absolute atomic E-state index is 13.0. The molecule has 0 aliphatic carbocycles. The second kappa shape index (κ2) is 6.99. The van der Waals surface area contributed by atoms with Crippen molar-refractivity contribution in [1.82, 2.24) is 5.32 Å². The fourth-order valence-electron chi connectivity index (χ4n) is 2.45. The monoisotopic (exact) mass is 330 g/mol. The minimum absolute atomic E-state index is 0.0910. The Kier molecular flexibility index (Phi) is 5.25. The number of benzene rings is 1. The zero-order valence-electron chi connectivity index (χ0n) is 12.2. The van der Waals surface area contributed by atoms with Gasteiger partial charge in [0, 0.05) is 13.0 Å². The zero-order chi connectivity index (χ0) is 17.0. The van der Waals surface area contributed by atoms with Crippen LogP contribution < -0.4 is 11.1 Å². The quantitative estimate of drug-likeness (QED) is 0.853. The zero-order valence-corrected chi connectivity index (χ0v) is 12.2. The van der Waals surface area contributed by atoms with Crippen LogP contribution >= 0.6 is 0 Å². The van der Waals surface area contributed by atoms with E-state index in [1.807, 2.05) is 0 Å². The summed E-state index contributed by atoms with van der Waals surface area (Å²) in [6.07, 6.45) is -4.34. The number of alkyl halides is 3. The second-order valence-corrected chi connectivity index (χ2v) is 5.38. The summed E-state index contributed by atoms with van der Waals surface area (Å²) in [6.45, 7) is 0.673. The van der Waals surface area contributed by atoms with E-state index in [9.17, 15) is 22.8 Å². The molecule has 5 nitrogen and oxygen atoms in total. The molecule has 0 bridgehead atoms. The molecule has 23 heavy (non-hydrogen) atoms. The van der Waals surface area contributed by atoms with Crippen molar-refractivity contribution in [3.63, 3.8) is 0 Å². The molecule has 1 heterocycles. The highest BCUT2D eigenvalue weighted by Gasteiger charge is 2.34. The highest BCUT2D eigenvalue weighted by molar-refractivity contribution is 5.88. The van der Waals surface area contributed by atoms with E-state index in [1.165, 1.54) is 18.2 Å². The first-order valence-electron chi connectivity index (χ1n) is 7.11. The molecule has 0 saturated carbocycles. The van der Waals surface area contributed by atoms with Gasteiger partial charge in [0.2, 0.25) is 11.8 Å². The van der Waals surface area contributed by atoms with Gasteiger partial charge >= 0.3 is 6.18 Å². The first kappa shape index (κ1) is 17.3. The molecule has 1 aliphatic rings. The van der Waals surface area contributed by atoms with Gasteiger partial charge in [0.1, 0.15) is 6.04 Å². The molecule has 0 unspecified atom stereocenters. The van der Waals surface area contributed by atoms with Crippen LogP contribution in [0.3, 0.4) is 0 Å². The van der Waals surface area contributed by atoms with Crippen LogP contribution in [0.1, 0.15) is 17.5 Å². The molecule has 2 rings (SSSR count). The van der Waals surface area contributed by atoms with Crippen LogP contribution in [0.2, 0.25) is 0 Å². The number of rotatable bonds is 5. The lowest BCUT2D eigenvalue weighted by Gasteiger charge is -2.20. The molecular formula is C15H17F3N2O3. The SMILES string of the molecule is NC(=O)[C@@H](Cc1ccccc1C(F)(F)F)NC(=O)[C@H]1CCOC1. The maximum atomic E-state index is 13.0. The third kappa shape index (κ3) is 4.44. The molecule has 126 valence electrons. The Labute approximate surface area is 131 Å². The van der Waals surface area contributed by atoms with E-state index in [2.05, 4.69) is 5.32 Å². The van der Waals surface area contributed by atoms with Gasteiger partial charge in [-0.15, -0.1) is 0 Å². The lowest BCUT2D eigenvalue weighted by molar-refractivity contribution is -0.138. The average molecular weight is 330 g/mol. The van der Waals surface area contributed by atoms with E-state index in [-0.39, 0.29) is 18.6 Å². The minimum atomic E-state index is -4.54. The molecule has 0 spiro atoms. The van der Waals surface area contributed by atoms with E-state index in [0.717, 1.165) is 6.07 Å². The summed E-state index contributed by atoms with van der Waals surface area (Å²) in [5.41, 5.74) is 4.29. The molecule has 8 heteroatoms.